The molecule has 1 aliphatic heterocycles. The average molecular weight is 228 g/mol. The third kappa shape index (κ3) is 1.98. The second-order valence-corrected chi connectivity index (χ2v) is 4.94. The number of nitrogens with zero attached hydrogens (tertiary/aromatic N) is 1. The van der Waals surface area contributed by atoms with Crippen LogP contribution < -0.4 is 5.32 Å². The highest BCUT2D eigenvalue weighted by Crippen LogP contribution is 2.28. The van der Waals surface area contributed by atoms with Crippen molar-refractivity contribution in [3.8, 4) is 0 Å². The summed E-state index contributed by atoms with van der Waals surface area (Å²) in [6.07, 6.45) is 4.75. The summed E-state index contributed by atoms with van der Waals surface area (Å²) in [6, 6.07) is 9.24. The Bertz CT molecular complexity index is 507. The monoisotopic (exact) mass is 228 g/mol. The van der Waals surface area contributed by atoms with Crippen LogP contribution in [0.4, 0.5) is 0 Å². The van der Waals surface area contributed by atoms with Gasteiger partial charge in [-0.1, -0.05) is 6.07 Å². The molecule has 0 spiro atoms. The lowest BCUT2D eigenvalue weighted by Gasteiger charge is -2.23. The molecule has 2 heteroatoms. The van der Waals surface area contributed by atoms with Crippen molar-refractivity contribution in [2.75, 3.05) is 13.1 Å². The fourth-order valence-corrected chi connectivity index (χ4v) is 2.90. The van der Waals surface area contributed by atoms with Crippen LogP contribution in [0.3, 0.4) is 0 Å². The van der Waals surface area contributed by atoms with Crippen molar-refractivity contribution in [3.05, 3.63) is 36.0 Å². The van der Waals surface area contributed by atoms with Gasteiger partial charge in [0.1, 0.15) is 0 Å². The molecule has 0 unspecified atom stereocenters. The van der Waals surface area contributed by atoms with Gasteiger partial charge in [0.25, 0.3) is 0 Å². The summed E-state index contributed by atoms with van der Waals surface area (Å²) in [5, 5.41) is 4.82. The van der Waals surface area contributed by atoms with Crippen LogP contribution >= 0.6 is 0 Å². The highest BCUT2D eigenvalue weighted by molar-refractivity contribution is 5.81. The van der Waals surface area contributed by atoms with Crippen molar-refractivity contribution < 1.29 is 0 Å². The second-order valence-electron chi connectivity index (χ2n) is 4.94. The lowest BCUT2D eigenvalue weighted by atomic mass is 9.90. The maximum atomic E-state index is 3.43. The van der Waals surface area contributed by atoms with E-state index in [-0.39, 0.29) is 0 Å². The number of aromatic nitrogens is 1. The van der Waals surface area contributed by atoms with Crippen molar-refractivity contribution >= 4 is 10.9 Å². The van der Waals surface area contributed by atoms with Crippen LogP contribution in [0, 0.1) is 0 Å². The number of piperidine rings is 1. The molecule has 0 aliphatic carbocycles. The number of benzene rings is 1. The van der Waals surface area contributed by atoms with Crippen LogP contribution in [-0.2, 0) is 6.54 Å². The fourth-order valence-electron chi connectivity index (χ4n) is 2.90. The summed E-state index contributed by atoms with van der Waals surface area (Å²) >= 11 is 0. The molecule has 0 radical (unpaired) electrons. The third-order valence-corrected chi connectivity index (χ3v) is 3.95. The number of nitrogens with one attached hydrogen (secondary N) is 1. The predicted molar refractivity (Wildman–Crippen MR) is 72.5 cm³/mol. The Balaban J connectivity index is 1.95. The highest BCUT2D eigenvalue weighted by Gasteiger charge is 2.15. The van der Waals surface area contributed by atoms with Crippen LogP contribution in [0.2, 0.25) is 0 Å². The molecule has 1 saturated heterocycles. The molecule has 1 fully saturated rings. The second kappa shape index (κ2) is 4.53. The maximum Gasteiger partial charge on any atom is 0.0480 e. The highest BCUT2D eigenvalue weighted by atomic mass is 14.9. The molecule has 0 amide bonds. The largest absolute Gasteiger partial charge is 0.348 e. The van der Waals surface area contributed by atoms with Gasteiger partial charge in [-0.3, -0.25) is 0 Å². The summed E-state index contributed by atoms with van der Waals surface area (Å²) in [6.45, 7) is 5.58. The minimum Gasteiger partial charge on any atom is -0.348 e. The summed E-state index contributed by atoms with van der Waals surface area (Å²) < 4.78 is 2.31. The molecule has 1 aromatic heterocycles. The molecular formula is C15H20N2. The maximum absolute atomic E-state index is 3.43. The van der Waals surface area contributed by atoms with Gasteiger partial charge in [-0.05, 0) is 67.9 Å². The van der Waals surface area contributed by atoms with E-state index < -0.39 is 0 Å². The van der Waals surface area contributed by atoms with E-state index in [2.05, 4.69) is 47.3 Å². The van der Waals surface area contributed by atoms with Crippen LogP contribution in [0.1, 0.15) is 31.2 Å². The topological polar surface area (TPSA) is 17.0 Å². The molecule has 2 aromatic rings. The van der Waals surface area contributed by atoms with Gasteiger partial charge in [-0.25, -0.2) is 0 Å². The van der Waals surface area contributed by atoms with Gasteiger partial charge >= 0.3 is 0 Å². The van der Waals surface area contributed by atoms with Crippen molar-refractivity contribution in [1.82, 2.24) is 9.88 Å². The van der Waals surface area contributed by atoms with Gasteiger partial charge in [0, 0.05) is 18.3 Å². The quantitative estimate of drug-likeness (QED) is 0.835. The molecule has 2 heterocycles. The van der Waals surface area contributed by atoms with E-state index in [1.807, 2.05) is 0 Å². The van der Waals surface area contributed by atoms with E-state index in [0.29, 0.717) is 0 Å². The van der Waals surface area contributed by atoms with Crippen molar-refractivity contribution in [2.24, 2.45) is 0 Å². The molecule has 1 N–H and O–H groups in total. The Hall–Kier alpha value is -1.28. The first-order chi connectivity index (χ1) is 8.38. The molecule has 17 heavy (non-hydrogen) atoms. The Labute approximate surface area is 103 Å². The zero-order valence-electron chi connectivity index (χ0n) is 10.4. The Kier molecular flexibility index (Phi) is 2.89. The standard InChI is InChI=1S/C15H20N2/c1-2-17-10-7-14-11-13(3-4-15(14)17)12-5-8-16-9-6-12/h3-4,7,10-12,16H,2,5-6,8-9H2,1H3. The number of rotatable bonds is 2. The zero-order valence-corrected chi connectivity index (χ0v) is 10.4. The van der Waals surface area contributed by atoms with Gasteiger partial charge in [0.05, 0.1) is 0 Å². The van der Waals surface area contributed by atoms with Crippen LogP contribution in [0.25, 0.3) is 10.9 Å². The summed E-state index contributed by atoms with van der Waals surface area (Å²) in [5.41, 5.74) is 2.89. The van der Waals surface area contributed by atoms with Crippen molar-refractivity contribution in [3.63, 3.8) is 0 Å². The first kappa shape index (κ1) is 10.8. The van der Waals surface area contributed by atoms with Crippen LogP contribution in [0.5, 0.6) is 0 Å². The molecule has 0 saturated carbocycles. The van der Waals surface area contributed by atoms with Crippen LogP contribution in [-0.4, -0.2) is 17.7 Å². The number of hydrogen-bond acceptors (Lipinski definition) is 1. The van der Waals surface area contributed by atoms with Crippen molar-refractivity contribution in [2.45, 2.75) is 32.2 Å². The molecular weight excluding hydrogens is 208 g/mol. The molecule has 3 rings (SSSR count). The first-order valence-corrected chi connectivity index (χ1v) is 6.68. The first-order valence-electron chi connectivity index (χ1n) is 6.68. The van der Waals surface area contributed by atoms with Gasteiger partial charge in [0.2, 0.25) is 0 Å². The molecule has 0 bridgehead atoms. The van der Waals surface area contributed by atoms with Gasteiger partial charge in [-0.15, -0.1) is 0 Å². The molecule has 0 atom stereocenters. The van der Waals surface area contributed by atoms with E-state index >= 15 is 0 Å². The smallest absolute Gasteiger partial charge is 0.0480 e. The molecule has 1 aromatic carbocycles. The summed E-state index contributed by atoms with van der Waals surface area (Å²) in [7, 11) is 0. The number of aryl methyl sites for hydroxylation is 1. The van der Waals surface area contributed by atoms with E-state index in [0.717, 1.165) is 12.5 Å². The molecule has 90 valence electrons. The van der Waals surface area contributed by atoms with E-state index in [9.17, 15) is 0 Å². The zero-order chi connectivity index (χ0) is 11.7. The number of hydrogen-bond donors (Lipinski definition) is 1. The molecule has 2 nitrogen and oxygen atoms in total. The summed E-state index contributed by atoms with van der Waals surface area (Å²) in [4.78, 5) is 0. The van der Waals surface area contributed by atoms with Crippen molar-refractivity contribution in [1.29, 1.82) is 0 Å². The Morgan fingerprint density at radius 3 is 2.82 bits per heavy atom. The van der Waals surface area contributed by atoms with Gasteiger partial charge in [0.15, 0.2) is 0 Å². The minimum atomic E-state index is 0.755. The lowest BCUT2D eigenvalue weighted by Crippen LogP contribution is -2.26. The Morgan fingerprint density at radius 2 is 2.06 bits per heavy atom. The van der Waals surface area contributed by atoms with Gasteiger partial charge < -0.3 is 9.88 Å². The predicted octanol–water partition coefficient (Wildman–Crippen LogP) is 3.13. The van der Waals surface area contributed by atoms with Gasteiger partial charge in [-0.2, -0.15) is 0 Å². The van der Waals surface area contributed by atoms with Crippen LogP contribution in [0.15, 0.2) is 30.5 Å². The Morgan fingerprint density at radius 1 is 1.24 bits per heavy atom. The fraction of sp³-hybridized carbons (Fsp3) is 0.467. The minimum absolute atomic E-state index is 0.755. The van der Waals surface area contributed by atoms with E-state index in [1.54, 1.807) is 0 Å². The number of fused-ring (bicyclic) bond motifs is 1. The third-order valence-electron chi connectivity index (χ3n) is 3.95. The average Bonchev–Trinajstić information content (AvgIpc) is 2.81. The van der Waals surface area contributed by atoms with E-state index in [1.165, 1.54) is 42.4 Å². The summed E-state index contributed by atoms with van der Waals surface area (Å²) in [5.74, 6) is 0.755. The molecule has 1 aliphatic rings. The SMILES string of the molecule is CCn1ccc2cc(C3CCNCC3)ccc21. The van der Waals surface area contributed by atoms with E-state index in [4.69, 9.17) is 0 Å². The normalized spacial score (nSPS) is 17.7. The lowest BCUT2D eigenvalue weighted by molar-refractivity contribution is 0.460.